The lowest BCUT2D eigenvalue weighted by Gasteiger charge is -2.24. The number of carbonyl (C=O) groups is 2. The second-order valence-electron chi connectivity index (χ2n) is 5.81. The summed E-state index contributed by atoms with van der Waals surface area (Å²) >= 11 is 0. The van der Waals surface area contributed by atoms with Crippen molar-refractivity contribution in [3.8, 4) is 0 Å². The van der Waals surface area contributed by atoms with Crippen LogP contribution in [0.4, 0.5) is 0 Å². The lowest BCUT2D eigenvalue weighted by Crippen LogP contribution is -2.37. The highest BCUT2D eigenvalue weighted by atomic mass is 16.2. The van der Waals surface area contributed by atoms with Crippen molar-refractivity contribution in [2.75, 3.05) is 6.54 Å². The molecule has 0 radical (unpaired) electrons. The van der Waals surface area contributed by atoms with Crippen LogP contribution in [0, 0.1) is 12.3 Å². The minimum atomic E-state index is -0.167. The van der Waals surface area contributed by atoms with E-state index < -0.39 is 0 Å². The van der Waals surface area contributed by atoms with Gasteiger partial charge in [-0.25, -0.2) is 0 Å². The van der Waals surface area contributed by atoms with Gasteiger partial charge in [-0.05, 0) is 24.5 Å². The zero-order valence-electron chi connectivity index (χ0n) is 10.7. The molecule has 0 spiro atoms. The first-order valence-electron chi connectivity index (χ1n) is 5.76. The van der Waals surface area contributed by atoms with Gasteiger partial charge in [-0.1, -0.05) is 32.4 Å². The van der Waals surface area contributed by atoms with Gasteiger partial charge in [0.15, 0.2) is 0 Å². The van der Waals surface area contributed by atoms with Crippen molar-refractivity contribution < 1.29 is 9.59 Å². The predicted octanol–water partition coefficient (Wildman–Crippen LogP) is 2.64. The van der Waals surface area contributed by atoms with Crippen LogP contribution < -0.4 is 0 Å². The highest BCUT2D eigenvalue weighted by Gasteiger charge is 2.37. The molecule has 3 heteroatoms. The van der Waals surface area contributed by atoms with E-state index in [0.717, 1.165) is 5.56 Å². The SMILES string of the molecule is Cc1ccc2c(c1)C(=O)N(CC(C)(C)C)C2=O. The lowest BCUT2D eigenvalue weighted by atomic mass is 9.96. The molecule has 0 bridgehead atoms. The number of hydrogen-bond donors (Lipinski definition) is 0. The molecule has 1 heterocycles. The minimum absolute atomic E-state index is 0.0809. The molecule has 2 amide bonds. The van der Waals surface area contributed by atoms with Crippen molar-refractivity contribution in [3.05, 3.63) is 34.9 Å². The molecule has 1 aliphatic heterocycles. The van der Waals surface area contributed by atoms with Crippen molar-refractivity contribution in [2.24, 2.45) is 5.41 Å². The van der Waals surface area contributed by atoms with Crippen LogP contribution in [0.15, 0.2) is 18.2 Å². The maximum absolute atomic E-state index is 12.1. The van der Waals surface area contributed by atoms with Gasteiger partial charge in [-0.3, -0.25) is 14.5 Å². The van der Waals surface area contributed by atoms with E-state index in [1.165, 1.54) is 4.90 Å². The van der Waals surface area contributed by atoms with E-state index in [9.17, 15) is 9.59 Å². The summed E-state index contributed by atoms with van der Waals surface area (Å²) in [5.74, 6) is -0.330. The highest BCUT2D eigenvalue weighted by molar-refractivity contribution is 6.21. The minimum Gasteiger partial charge on any atom is -0.274 e. The number of amides is 2. The van der Waals surface area contributed by atoms with Gasteiger partial charge in [-0.15, -0.1) is 0 Å². The Hall–Kier alpha value is -1.64. The van der Waals surface area contributed by atoms with Gasteiger partial charge in [0.05, 0.1) is 11.1 Å². The number of fused-ring (bicyclic) bond motifs is 1. The highest BCUT2D eigenvalue weighted by Crippen LogP contribution is 2.27. The van der Waals surface area contributed by atoms with Gasteiger partial charge in [-0.2, -0.15) is 0 Å². The molecule has 1 aliphatic rings. The quantitative estimate of drug-likeness (QED) is 0.697. The Kier molecular flexibility index (Phi) is 2.57. The van der Waals surface area contributed by atoms with Crippen LogP contribution in [0.25, 0.3) is 0 Å². The summed E-state index contributed by atoms with van der Waals surface area (Å²) in [7, 11) is 0. The summed E-state index contributed by atoms with van der Waals surface area (Å²) in [5, 5.41) is 0. The maximum atomic E-state index is 12.1. The van der Waals surface area contributed by atoms with Crippen LogP contribution in [0.1, 0.15) is 47.1 Å². The van der Waals surface area contributed by atoms with Gasteiger partial charge < -0.3 is 0 Å². The van der Waals surface area contributed by atoms with E-state index in [2.05, 4.69) is 0 Å². The second-order valence-corrected chi connectivity index (χ2v) is 5.81. The van der Waals surface area contributed by atoms with Gasteiger partial charge in [0, 0.05) is 6.54 Å². The van der Waals surface area contributed by atoms with Gasteiger partial charge in [0.25, 0.3) is 11.8 Å². The number of rotatable bonds is 1. The standard InChI is InChI=1S/C14H17NO2/c1-9-5-6-10-11(7-9)13(17)15(12(10)16)8-14(2,3)4/h5-7H,8H2,1-4H3. The van der Waals surface area contributed by atoms with Crippen molar-refractivity contribution in [3.63, 3.8) is 0 Å². The fourth-order valence-corrected chi connectivity index (χ4v) is 2.02. The Balaban J connectivity index is 2.39. The van der Waals surface area contributed by atoms with Crippen LogP contribution in [0.3, 0.4) is 0 Å². The van der Waals surface area contributed by atoms with Gasteiger partial charge in [0.2, 0.25) is 0 Å². The summed E-state index contributed by atoms with van der Waals surface area (Å²) in [6.45, 7) is 8.42. The number of nitrogens with zero attached hydrogens (tertiary/aromatic N) is 1. The Morgan fingerprint density at radius 3 is 2.24 bits per heavy atom. The van der Waals surface area contributed by atoms with Gasteiger partial charge in [0.1, 0.15) is 0 Å². The molecule has 0 aliphatic carbocycles. The third-order valence-corrected chi connectivity index (χ3v) is 2.76. The second kappa shape index (κ2) is 3.69. The monoisotopic (exact) mass is 231 g/mol. The van der Waals surface area contributed by atoms with E-state index in [1.807, 2.05) is 33.8 Å². The molecule has 0 fully saturated rings. The van der Waals surface area contributed by atoms with Crippen molar-refractivity contribution in [2.45, 2.75) is 27.7 Å². The molecule has 0 N–H and O–H groups in total. The fourth-order valence-electron chi connectivity index (χ4n) is 2.02. The van der Waals surface area contributed by atoms with E-state index in [1.54, 1.807) is 12.1 Å². The third kappa shape index (κ3) is 2.09. The van der Waals surface area contributed by atoms with Crippen LogP contribution >= 0.6 is 0 Å². The number of benzene rings is 1. The molecule has 0 saturated carbocycles. The third-order valence-electron chi connectivity index (χ3n) is 2.76. The summed E-state index contributed by atoms with van der Waals surface area (Å²) < 4.78 is 0. The summed E-state index contributed by atoms with van der Waals surface area (Å²) in [5.41, 5.74) is 1.99. The van der Waals surface area contributed by atoms with E-state index >= 15 is 0 Å². The summed E-state index contributed by atoms with van der Waals surface area (Å²) in [6.07, 6.45) is 0. The number of imide groups is 1. The number of hydrogen-bond acceptors (Lipinski definition) is 2. The molecule has 0 saturated heterocycles. The fraction of sp³-hybridized carbons (Fsp3) is 0.429. The van der Waals surface area contributed by atoms with Gasteiger partial charge >= 0.3 is 0 Å². The molecule has 1 aromatic carbocycles. The molecular weight excluding hydrogens is 214 g/mol. The number of carbonyl (C=O) groups excluding carboxylic acids is 2. The Morgan fingerprint density at radius 1 is 1.06 bits per heavy atom. The average Bonchev–Trinajstić information content (AvgIpc) is 2.42. The topological polar surface area (TPSA) is 37.4 Å². The summed E-state index contributed by atoms with van der Waals surface area (Å²) in [4.78, 5) is 25.6. The molecule has 0 atom stereocenters. The molecule has 0 aromatic heterocycles. The van der Waals surface area contributed by atoms with Crippen LogP contribution in [-0.4, -0.2) is 23.3 Å². The lowest BCUT2D eigenvalue weighted by molar-refractivity contribution is 0.0600. The predicted molar refractivity (Wildman–Crippen MR) is 66.0 cm³/mol. The van der Waals surface area contributed by atoms with E-state index in [4.69, 9.17) is 0 Å². The van der Waals surface area contributed by atoms with Crippen LogP contribution in [0.2, 0.25) is 0 Å². The first kappa shape index (κ1) is 11.8. The maximum Gasteiger partial charge on any atom is 0.261 e. The molecule has 90 valence electrons. The molecule has 2 rings (SSSR count). The molecule has 17 heavy (non-hydrogen) atoms. The molecule has 0 unspecified atom stereocenters. The first-order valence-corrected chi connectivity index (χ1v) is 5.76. The summed E-state index contributed by atoms with van der Waals surface area (Å²) in [6, 6.07) is 5.40. The van der Waals surface area contributed by atoms with E-state index in [0.29, 0.717) is 17.7 Å². The normalized spacial score (nSPS) is 15.4. The van der Waals surface area contributed by atoms with Crippen LogP contribution in [-0.2, 0) is 0 Å². The molecule has 3 nitrogen and oxygen atoms in total. The zero-order chi connectivity index (χ0) is 12.8. The smallest absolute Gasteiger partial charge is 0.261 e. The van der Waals surface area contributed by atoms with Crippen molar-refractivity contribution in [1.82, 2.24) is 4.90 Å². The Labute approximate surface area is 101 Å². The average molecular weight is 231 g/mol. The number of aryl methyl sites for hydroxylation is 1. The largest absolute Gasteiger partial charge is 0.274 e. The van der Waals surface area contributed by atoms with Crippen molar-refractivity contribution >= 4 is 11.8 Å². The van der Waals surface area contributed by atoms with Crippen molar-refractivity contribution in [1.29, 1.82) is 0 Å². The zero-order valence-corrected chi connectivity index (χ0v) is 10.7. The Morgan fingerprint density at radius 2 is 1.65 bits per heavy atom. The first-order chi connectivity index (χ1) is 7.79. The Bertz CT molecular complexity index is 497. The van der Waals surface area contributed by atoms with E-state index in [-0.39, 0.29) is 17.2 Å². The van der Waals surface area contributed by atoms with Crippen LogP contribution in [0.5, 0.6) is 0 Å². The molecular formula is C14H17NO2. The molecule has 1 aromatic rings.